The van der Waals surface area contributed by atoms with Crippen molar-refractivity contribution in [1.82, 2.24) is 10.2 Å². The zero-order valence-electron chi connectivity index (χ0n) is 12.2. The van der Waals surface area contributed by atoms with Gasteiger partial charge in [-0.1, -0.05) is 38.7 Å². The summed E-state index contributed by atoms with van der Waals surface area (Å²) in [5.41, 5.74) is 0. The molecule has 1 N–H and O–H groups in total. The number of hydrogen-bond donors (Lipinski definition) is 1. The van der Waals surface area contributed by atoms with Gasteiger partial charge in [-0.2, -0.15) is 0 Å². The number of carbonyl (C=O) groups excluding carboxylic acids is 1. The fourth-order valence-electron chi connectivity index (χ4n) is 3.56. The molecule has 1 aromatic heterocycles. The van der Waals surface area contributed by atoms with Crippen LogP contribution >= 0.6 is 11.3 Å². The number of nitrogens with zero attached hydrogens (tertiary/aromatic N) is 1. The van der Waals surface area contributed by atoms with Crippen LogP contribution in [0.3, 0.4) is 0 Å². The number of rotatable bonds is 4. The Balaban J connectivity index is 1.83. The van der Waals surface area contributed by atoms with Crippen LogP contribution in [0.5, 0.6) is 0 Å². The molecule has 1 aliphatic heterocycles. The van der Waals surface area contributed by atoms with Crippen LogP contribution in [-0.2, 0) is 4.79 Å². The number of hydrogen-bond acceptors (Lipinski definition) is 3. The second kappa shape index (κ2) is 6.27. The van der Waals surface area contributed by atoms with Crippen LogP contribution in [0.2, 0.25) is 0 Å². The van der Waals surface area contributed by atoms with E-state index in [0.29, 0.717) is 11.9 Å². The number of carbonyl (C=O) groups is 1. The summed E-state index contributed by atoms with van der Waals surface area (Å²) in [5, 5.41) is 5.68. The molecule has 3 rings (SSSR count). The normalized spacial score (nSPS) is 28.2. The van der Waals surface area contributed by atoms with Crippen LogP contribution in [0.1, 0.15) is 62.9 Å². The summed E-state index contributed by atoms with van der Waals surface area (Å²) in [7, 11) is 0. The Kier molecular flexibility index (Phi) is 4.41. The Morgan fingerprint density at radius 3 is 2.80 bits per heavy atom. The van der Waals surface area contributed by atoms with Gasteiger partial charge < -0.3 is 4.90 Å². The first-order chi connectivity index (χ1) is 9.81. The van der Waals surface area contributed by atoms with Gasteiger partial charge in [-0.3, -0.25) is 10.1 Å². The molecule has 2 fully saturated rings. The highest BCUT2D eigenvalue weighted by atomic mass is 32.1. The van der Waals surface area contributed by atoms with Crippen LogP contribution < -0.4 is 5.32 Å². The van der Waals surface area contributed by atoms with Gasteiger partial charge in [-0.25, -0.2) is 0 Å². The molecule has 20 heavy (non-hydrogen) atoms. The van der Waals surface area contributed by atoms with Gasteiger partial charge in [0.1, 0.15) is 6.17 Å². The zero-order chi connectivity index (χ0) is 13.9. The third-order valence-electron chi connectivity index (χ3n) is 4.55. The van der Waals surface area contributed by atoms with Crippen molar-refractivity contribution in [2.45, 2.75) is 70.1 Å². The van der Waals surface area contributed by atoms with E-state index in [1.807, 2.05) is 0 Å². The molecule has 0 aromatic carbocycles. The minimum atomic E-state index is 0.0222. The third kappa shape index (κ3) is 2.63. The first-order valence-electron chi connectivity index (χ1n) is 7.93. The van der Waals surface area contributed by atoms with Crippen molar-refractivity contribution in [3.63, 3.8) is 0 Å². The lowest BCUT2D eigenvalue weighted by Crippen LogP contribution is -2.41. The molecular weight excluding hydrogens is 268 g/mol. The summed E-state index contributed by atoms with van der Waals surface area (Å²) in [4.78, 5) is 16.2. The standard InChI is InChI=1S/C16H24N2OS/c1-2-7-13-16(19)18(12-8-4-3-5-9-12)15(17-13)14-10-6-11-20-14/h6,10-13,15,17H,2-5,7-9H2,1H3. The lowest BCUT2D eigenvalue weighted by atomic mass is 9.93. The molecule has 1 saturated heterocycles. The van der Waals surface area contributed by atoms with Crippen LogP contribution in [0.4, 0.5) is 0 Å². The summed E-state index contributed by atoms with van der Waals surface area (Å²) in [6.07, 6.45) is 8.33. The van der Waals surface area contributed by atoms with Crippen molar-refractivity contribution in [3.05, 3.63) is 22.4 Å². The Bertz CT molecular complexity index is 439. The quantitative estimate of drug-likeness (QED) is 0.918. The molecule has 1 aromatic rings. The molecule has 0 radical (unpaired) electrons. The summed E-state index contributed by atoms with van der Waals surface area (Å²) in [6.45, 7) is 2.15. The molecular formula is C16H24N2OS. The van der Waals surface area contributed by atoms with Crippen molar-refractivity contribution in [1.29, 1.82) is 0 Å². The van der Waals surface area contributed by atoms with Crippen molar-refractivity contribution in [2.75, 3.05) is 0 Å². The fourth-order valence-corrected chi connectivity index (χ4v) is 4.34. The van der Waals surface area contributed by atoms with Gasteiger partial charge in [0.25, 0.3) is 0 Å². The van der Waals surface area contributed by atoms with Gasteiger partial charge >= 0.3 is 0 Å². The smallest absolute Gasteiger partial charge is 0.241 e. The van der Waals surface area contributed by atoms with Crippen LogP contribution in [0, 0.1) is 0 Å². The molecule has 2 aliphatic rings. The van der Waals surface area contributed by atoms with E-state index in [2.05, 4.69) is 34.7 Å². The molecule has 0 bridgehead atoms. The SMILES string of the molecule is CCCC1NC(c2cccs2)N(C2CCCCC2)C1=O. The van der Waals surface area contributed by atoms with E-state index in [-0.39, 0.29) is 12.2 Å². The van der Waals surface area contributed by atoms with Gasteiger partial charge in [0.15, 0.2) is 0 Å². The summed E-state index contributed by atoms with van der Waals surface area (Å²) in [6, 6.07) is 4.70. The fraction of sp³-hybridized carbons (Fsp3) is 0.688. The maximum Gasteiger partial charge on any atom is 0.241 e. The highest BCUT2D eigenvalue weighted by Crippen LogP contribution is 2.35. The molecule has 2 heterocycles. The second-order valence-electron chi connectivity index (χ2n) is 5.96. The maximum absolute atomic E-state index is 12.8. The molecule has 110 valence electrons. The zero-order valence-corrected chi connectivity index (χ0v) is 13.0. The molecule has 1 saturated carbocycles. The average Bonchev–Trinajstić information content (AvgIpc) is 3.09. The monoisotopic (exact) mass is 292 g/mol. The van der Waals surface area contributed by atoms with E-state index in [1.165, 1.54) is 37.0 Å². The number of thiophene rings is 1. The largest absolute Gasteiger partial charge is 0.318 e. The topological polar surface area (TPSA) is 32.3 Å². The summed E-state index contributed by atoms with van der Waals surface area (Å²) in [5.74, 6) is 0.331. The van der Waals surface area contributed by atoms with Crippen molar-refractivity contribution in [3.8, 4) is 0 Å². The maximum atomic E-state index is 12.8. The molecule has 1 aliphatic carbocycles. The lowest BCUT2D eigenvalue weighted by Gasteiger charge is -2.34. The molecule has 0 spiro atoms. The van der Waals surface area contributed by atoms with E-state index < -0.39 is 0 Å². The first kappa shape index (κ1) is 14.1. The highest BCUT2D eigenvalue weighted by molar-refractivity contribution is 7.10. The first-order valence-corrected chi connectivity index (χ1v) is 8.81. The second-order valence-corrected chi connectivity index (χ2v) is 6.94. The minimum absolute atomic E-state index is 0.0222. The minimum Gasteiger partial charge on any atom is -0.318 e. The predicted octanol–water partition coefficient (Wildman–Crippen LogP) is 3.68. The van der Waals surface area contributed by atoms with Gasteiger partial charge in [-0.15, -0.1) is 11.3 Å². The molecule has 3 nitrogen and oxygen atoms in total. The van der Waals surface area contributed by atoms with Crippen LogP contribution in [-0.4, -0.2) is 22.9 Å². The number of amides is 1. The van der Waals surface area contributed by atoms with E-state index in [9.17, 15) is 4.79 Å². The Labute approximate surface area is 125 Å². The molecule has 2 atom stereocenters. The van der Waals surface area contributed by atoms with Crippen LogP contribution in [0.15, 0.2) is 17.5 Å². The molecule has 1 amide bonds. The third-order valence-corrected chi connectivity index (χ3v) is 5.47. The molecule has 4 heteroatoms. The van der Waals surface area contributed by atoms with Crippen molar-refractivity contribution >= 4 is 17.2 Å². The van der Waals surface area contributed by atoms with Gasteiger partial charge in [0, 0.05) is 10.9 Å². The van der Waals surface area contributed by atoms with Crippen LogP contribution in [0.25, 0.3) is 0 Å². The Hall–Kier alpha value is -0.870. The predicted molar refractivity (Wildman–Crippen MR) is 82.6 cm³/mol. The number of nitrogens with one attached hydrogen (secondary N) is 1. The Morgan fingerprint density at radius 2 is 2.15 bits per heavy atom. The molecule has 2 unspecified atom stereocenters. The highest BCUT2D eigenvalue weighted by Gasteiger charge is 2.43. The lowest BCUT2D eigenvalue weighted by molar-refractivity contribution is -0.133. The van der Waals surface area contributed by atoms with E-state index >= 15 is 0 Å². The van der Waals surface area contributed by atoms with Crippen molar-refractivity contribution < 1.29 is 4.79 Å². The summed E-state index contributed by atoms with van der Waals surface area (Å²) < 4.78 is 0. The van der Waals surface area contributed by atoms with E-state index in [1.54, 1.807) is 11.3 Å². The van der Waals surface area contributed by atoms with Gasteiger partial charge in [0.05, 0.1) is 6.04 Å². The van der Waals surface area contributed by atoms with Gasteiger partial charge in [-0.05, 0) is 30.7 Å². The Morgan fingerprint density at radius 1 is 1.35 bits per heavy atom. The van der Waals surface area contributed by atoms with E-state index in [0.717, 1.165) is 12.8 Å². The van der Waals surface area contributed by atoms with E-state index in [4.69, 9.17) is 0 Å². The average molecular weight is 292 g/mol. The van der Waals surface area contributed by atoms with Gasteiger partial charge in [0.2, 0.25) is 5.91 Å². The summed E-state index contributed by atoms with van der Waals surface area (Å²) >= 11 is 1.75. The van der Waals surface area contributed by atoms with Crippen molar-refractivity contribution in [2.24, 2.45) is 0 Å².